The van der Waals surface area contributed by atoms with Crippen molar-refractivity contribution in [1.82, 2.24) is 16.0 Å². The normalized spacial score (nSPS) is 26.9. The standard InChI is InChI=1S/C27H30N3O2P/c1-3-16-4-5-17(11-22(16)27(32-2)14-28-15-27)18-6-7-19-13-24(33-23(19)12-18)30-26(31)25-20-8-9-21(10-20)29-25/h3-7,11-12,20-21,25,28-29H,1,8-10,13-15H2,2H3,(H,30,31). The monoisotopic (exact) mass is 459 g/mol. The summed E-state index contributed by atoms with van der Waals surface area (Å²) in [7, 11) is 2.90. The van der Waals surface area contributed by atoms with Crippen molar-refractivity contribution in [3.8, 4) is 11.1 Å². The fourth-order valence-electron chi connectivity index (χ4n) is 5.91. The third-order valence-corrected chi connectivity index (χ3v) is 9.11. The molecule has 6 heteroatoms. The van der Waals surface area contributed by atoms with Crippen molar-refractivity contribution in [3.05, 3.63) is 59.7 Å². The van der Waals surface area contributed by atoms with E-state index in [1.54, 1.807) is 7.11 Å². The van der Waals surface area contributed by atoms with Crippen LogP contribution in [-0.4, -0.2) is 43.6 Å². The third-order valence-electron chi connectivity index (χ3n) is 7.92. The Hall–Kier alpha value is -2.30. The Kier molecular flexibility index (Phi) is 5.26. The van der Waals surface area contributed by atoms with E-state index in [2.05, 4.69) is 58.9 Å². The molecule has 2 saturated heterocycles. The van der Waals surface area contributed by atoms with E-state index < -0.39 is 0 Å². The van der Waals surface area contributed by atoms with Gasteiger partial charge in [-0.15, -0.1) is 0 Å². The van der Waals surface area contributed by atoms with E-state index >= 15 is 0 Å². The third kappa shape index (κ3) is 3.59. The Morgan fingerprint density at radius 3 is 2.70 bits per heavy atom. The van der Waals surface area contributed by atoms with E-state index in [-0.39, 0.29) is 17.6 Å². The van der Waals surface area contributed by atoms with Gasteiger partial charge in [0.1, 0.15) is 5.60 Å². The van der Waals surface area contributed by atoms with Gasteiger partial charge >= 0.3 is 0 Å². The van der Waals surface area contributed by atoms with Gasteiger partial charge in [0.25, 0.3) is 0 Å². The number of fused-ring (bicyclic) bond motifs is 3. The maximum absolute atomic E-state index is 12.9. The molecule has 0 aromatic heterocycles. The van der Waals surface area contributed by atoms with Gasteiger partial charge < -0.3 is 20.7 Å². The molecule has 0 spiro atoms. The number of methoxy groups -OCH3 is 1. The molecule has 3 aliphatic heterocycles. The number of carbonyl (C=O) groups excluding carboxylic acids is 1. The van der Waals surface area contributed by atoms with Crippen LogP contribution in [0.1, 0.15) is 36.0 Å². The number of benzene rings is 2. The topological polar surface area (TPSA) is 62.4 Å². The van der Waals surface area contributed by atoms with E-state index in [1.165, 1.54) is 40.4 Å². The molecule has 3 unspecified atom stereocenters. The summed E-state index contributed by atoms with van der Waals surface area (Å²) < 4.78 is 5.92. The zero-order valence-electron chi connectivity index (χ0n) is 19.0. The summed E-state index contributed by atoms with van der Waals surface area (Å²) in [5, 5.41) is 11.4. The van der Waals surface area contributed by atoms with Crippen molar-refractivity contribution in [2.45, 2.75) is 43.4 Å². The van der Waals surface area contributed by atoms with E-state index in [9.17, 15) is 4.79 Å². The molecule has 2 bridgehead atoms. The van der Waals surface area contributed by atoms with Crippen molar-refractivity contribution < 1.29 is 9.53 Å². The second-order valence-corrected chi connectivity index (χ2v) is 11.0. The highest BCUT2D eigenvalue weighted by molar-refractivity contribution is 7.50. The van der Waals surface area contributed by atoms with Crippen LogP contribution in [0.3, 0.4) is 0 Å². The Bertz CT molecular complexity index is 1160. The molecular formula is C27H30N3O2P. The summed E-state index contributed by atoms with van der Waals surface area (Å²) in [5.74, 6) is 0.665. The SMILES string of the molecule is C=Cc1ccc(-c2ccc3c(c2)P=C(NC(=O)C2NC4CCC2C4)C3)cc1C1(OC)CNC1. The molecule has 0 radical (unpaired) electrons. The first-order valence-electron chi connectivity index (χ1n) is 11.9. The molecule has 3 atom stereocenters. The predicted molar refractivity (Wildman–Crippen MR) is 135 cm³/mol. The predicted octanol–water partition coefficient (Wildman–Crippen LogP) is 2.96. The molecule has 1 saturated carbocycles. The Labute approximate surface area is 196 Å². The quantitative estimate of drug-likeness (QED) is 0.582. The van der Waals surface area contributed by atoms with Crippen LogP contribution in [0.15, 0.2) is 43.0 Å². The average Bonchev–Trinajstić information content (AvgIpc) is 3.53. The van der Waals surface area contributed by atoms with E-state index in [0.717, 1.165) is 45.1 Å². The Balaban J connectivity index is 1.24. The van der Waals surface area contributed by atoms with Gasteiger partial charge in [0.15, 0.2) is 0 Å². The van der Waals surface area contributed by atoms with Gasteiger partial charge in [0.05, 0.1) is 11.5 Å². The molecule has 1 aliphatic carbocycles. The number of rotatable bonds is 6. The smallest absolute Gasteiger partial charge is 0.241 e. The lowest BCUT2D eigenvalue weighted by Crippen LogP contribution is -2.58. The number of piperidine rings is 1. The lowest BCUT2D eigenvalue weighted by Gasteiger charge is -2.42. The first kappa shape index (κ1) is 21.2. The van der Waals surface area contributed by atoms with E-state index in [0.29, 0.717) is 12.0 Å². The van der Waals surface area contributed by atoms with Crippen LogP contribution >= 0.6 is 8.20 Å². The summed E-state index contributed by atoms with van der Waals surface area (Å²) in [6.45, 7) is 5.62. The van der Waals surface area contributed by atoms with Gasteiger partial charge in [0.2, 0.25) is 5.91 Å². The van der Waals surface area contributed by atoms with Gasteiger partial charge in [0, 0.05) is 38.0 Å². The van der Waals surface area contributed by atoms with Crippen molar-refractivity contribution in [2.24, 2.45) is 5.92 Å². The highest BCUT2D eigenvalue weighted by Crippen LogP contribution is 2.37. The molecule has 4 aliphatic rings. The van der Waals surface area contributed by atoms with Gasteiger partial charge in [-0.1, -0.05) is 36.9 Å². The van der Waals surface area contributed by atoms with Crippen molar-refractivity contribution in [3.63, 3.8) is 0 Å². The van der Waals surface area contributed by atoms with Crippen LogP contribution in [-0.2, 0) is 21.6 Å². The number of amides is 1. The molecule has 3 fully saturated rings. The maximum atomic E-state index is 12.9. The number of hydrogen-bond acceptors (Lipinski definition) is 4. The molecule has 1 amide bonds. The highest BCUT2D eigenvalue weighted by atomic mass is 31.1. The van der Waals surface area contributed by atoms with Crippen LogP contribution in [0.2, 0.25) is 0 Å². The molecule has 170 valence electrons. The van der Waals surface area contributed by atoms with E-state index in [4.69, 9.17) is 4.74 Å². The second kappa shape index (κ2) is 8.18. The molecule has 5 nitrogen and oxygen atoms in total. The van der Waals surface area contributed by atoms with Gasteiger partial charge in [-0.05, 0) is 73.3 Å². The zero-order chi connectivity index (χ0) is 22.6. The van der Waals surface area contributed by atoms with E-state index in [1.807, 2.05) is 6.08 Å². The Morgan fingerprint density at radius 2 is 2.03 bits per heavy atom. The lowest BCUT2D eigenvalue weighted by molar-refractivity contribution is -0.122. The largest absolute Gasteiger partial charge is 0.371 e. The van der Waals surface area contributed by atoms with Gasteiger partial charge in [-0.2, -0.15) is 0 Å². The summed E-state index contributed by atoms with van der Waals surface area (Å²) in [4.78, 5) is 12.9. The van der Waals surface area contributed by atoms with Crippen LogP contribution < -0.4 is 21.3 Å². The van der Waals surface area contributed by atoms with Crippen molar-refractivity contribution in [1.29, 1.82) is 0 Å². The van der Waals surface area contributed by atoms with Gasteiger partial charge in [-0.3, -0.25) is 4.79 Å². The van der Waals surface area contributed by atoms with Crippen molar-refractivity contribution in [2.75, 3.05) is 20.2 Å². The first-order chi connectivity index (χ1) is 16.1. The average molecular weight is 460 g/mol. The number of ether oxygens (including phenoxy) is 1. The number of nitrogens with one attached hydrogen (secondary N) is 3. The molecular weight excluding hydrogens is 429 g/mol. The Morgan fingerprint density at radius 1 is 1.21 bits per heavy atom. The van der Waals surface area contributed by atoms with Crippen LogP contribution in [0.4, 0.5) is 0 Å². The molecule has 2 aromatic rings. The second-order valence-electron chi connectivity index (χ2n) is 9.79. The fraction of sp³-hybridized carbons (Fsp3) is 0.407. The number of carbonyl (C=O) groups is 1. The summed E-state index contributed by atoms with van der Waals surface area (Å²) in [6.07, 6.45) is 6.29. The first-order valence-corrected chi connectivity index (χ1v) is 12.8. The molecule has 33 heavy (non-hydrogen) atoms. The molecule has 6 rings (SSSR count). The minimum Gasteiger partial charge on any atom is -0.371 e. The molecule has 3 heterocycles. The van der Waals surface area contributed by atoms with Crippen LogP contribution in [0.25, 0.3) is 17.2 Å². The minimum absolute atomic E-state index is 0.0124. The van der Waals surface area contributed by atoms with Gasteiger partial charge in [-0.25, -0.2) is 0 Å². The lowest BCUT2D eigenvalue weighted by atomic mass is 9.83. The fourth-order valence-corrected chi connectivity index (χ4v) is 7.12. The maximum Gasteiger partial charge on any atom is 0.241 e. The van der Waals surface area contributed by atoms with Crippen LogP contribution in [0, 0.1) is 5.92 Å². The summed E-state index contributed by atoms with van der Waals surface area (Å²) >= 11 is 0. The zero-order valence-corrected chi connectivity index (χ0v) is 19.9. The minimum atomic E-state index is -0.284. The van der Waals surface area contributed by atoms with Crippen LogP contribution in [0.5, 0.6) is 0 Å². The highest BCUT2D eigenvalue weighted by Gasteiger charge is 2.43. The molecule has 2 aromatic carbocycles. The number of hydrogen-bond donors (Lipinski definition) is 3. The molecule has 3 N–H and O–H groups in total. The summed E-state index contributed by atoms with van der Waals surface area (Å²) in [5.41, 5.74) is 6.79. The summed E-state index contributed by atoms with van der Waals surface area (Å²) in [6, 6.07) is 13.8. The van der Waals surface area contributed by atoms with Crippen molar-refractivity contribution >= 4 is 30.9 Å².